The Morgan fingerprint density at radius 2 is 2.00 bits per heavy atom. The maximum absolute atomic E-state index is 8.75. The lowest BCUT2D eigenvalue weighted by atomic mass is 9.89. The van der Waals surface area contributed by atoms with E-state index in [4.69, 9.17) is 9.52 Å². The van der Waals surface area contributed by atoms with E-state index in [1.54, 1.807) is 0 Å². The molecule has 1 aliphatic carbocycles. The van der Waals surface area contributed by atoms with Crippen LogP contribution in [0.2, 0.25) is 0 Å². The van der Waals surface area contributed by atoms with Crippen LogP contribution in [0.5, 0.6) is 0 Å². The molecule has 4 nitrogen and oxygen atoms in total. The zero-order valence-corrected chi connectivity index (χ0v) is 7.57. The van der Waals surface area contributed by atoms with Crippen LogP contribution in [0.1, 0.15) is 49.8 Å². The molecule has 0 amide bonds. The standard InChI is InChI=1S/C9H14N2O2/c12-6-8-10-11-9(13-8)7-4-2-1-3-5-7/h7,12H,1-6H2. The highest BCUT2D eigenvalue weighted by Gasteiger charge is 2.20. The molecule has 0 saturated heterocycles. The predicted octanol–water partition coefficient (Wildman–Crippen LogP) is 1.61. The summed E-state index contributed by atoms with van der Waals surface area (Å²) in [6, 6.07) is 0. The molecule has 1 fully saturated rings. The number of aliphatic hydroxyl groups is 1. The zero-order valence-electron chi connectivity index (χ0n) is 7.57. The second kappa shape index (κ2) is 3.87. The first-order valence-electron chi connectivity index (χ1n) is 4.83. The Hall–Kier alpha value is -0.900. The molecule has 1 saturated carbocycles. The number of aromatic nitrogens is 2. The van der Waals surface area contributed by atoms with Gasteiger partial charge in [0.05, 0.1) is 0 Å². The molecule has 0 spiro atoms. The van der Waals surface area contributed by atoms with E-state index in [0.29, 0.717) is 17.7 Å². The molecule has 0 aromatic carbocycles. The summed E-state index contributed by atoms with van der Waals surface area (Å²) in [6.07, 6.45) is 6.11. The quantitative estimate of drug-likeness (QED) is 0.754. The zero-order chi connectivity index (χ0) is 9.10. The van der Waals surface area contributed by atoms with Gasteiger partial charge in [0, 0.05) is 5.92 Å². The van der Waals surface area contributed by atoms with Crippen molar-refractivity contribution in [3.63, 3.8) is 0 Å². The lowest BCUT2D eigenvalue weighted by molar-refractivity contribution is 0.231. The summed E-state index contributed by atoms with van der Waals surface area (Å²) in [5.41, 5.74) is 0. The maximum Gasteiger partial charge on any atom is 0.241 e. The second-order valence-corrected chi connectivity index (χ2v) is 3.53. The van der Waals surface area contributed by atoms with Crippen LogP contribution in [0.3, 0.4) is 0 Å². The molecule has 0 aliphatic heterocycles. The van der Waals surface area contributed by atoms with Crippen LogP contribution in [-0.2, 0) is 6.61 Å². The largest absolute Gasteiger partial charge is 0.422 e. The molecule has 1 aromatic rings. The third kappa shape index (κ3) is 1.88. The molecule has 1 heterocycles. The lowest BCUT2D eigenvalue weighted by Gasteiger charge is -2.17. The fourth-order valence-corrected chi connectivity index (χ4v) is 1.84. The smallest absolute Gasteiger partial charge is 0.241 e. The van der Waals surface area contributed by atoms with E-state index in [9.17, 15) is 0 Å². The fourth-order valence-electron chi connectivity index (χ4n) is 1.84. The number of hydrogen-bond donors (Lipinski definition) is 1. The van der Waals surface area contributed by atoms with Gasteiger partial charge in [0.1, 0.15) is 6.61 Å². The van der Waals surface area contributed by atoms with Crippen LogP contribution in [0, 0.1) is 0 Å². The van der Waals surface area contributed by atoms with Gasteiger partial charge in [0.25, 0.3) is 0 Å². The van der Waals surface area contributed by atoms with Gasteiger partial charge in [-0.2, -0.15) is 0 Å². The van der Waals surface area contributed by atoms with Crippen LogP contribution in [0.25, 0.3) is 0 Å². The third-order valence-corrected chi connectivity index (χ3v) is 2.57. The van der Waals surface area contributed by atoms with E-state index in [1.807, 2.05) is 0 Å². The first-order chi connectivity index (χ1) is 6.40. The second-order valence-electron chi connectivity index (χ2n) is 3.53. The Balaban J connectivity index is 2.05. The predicted molar refractivity (Wildman–Crippen MR) is 46.0 cm³/mol. The summed E-state index contributed by atoms with van der Waals surface area (Å²) >= 11 is 0. The van der Waals surface area contributed by atoms with E-state index >= 15 is 0 Å². The molecule has 1 aromatic heterocycles. The summed E-state index contributed by atoms with van der Waals surface area (Å²) in [6.45, 7) is -0.153. The minimum absolute atomic E-state index is 0.153. The Morgan fingerprint density at radius 1 is 1.23 bits per heavy atom. The number of rotatable bonds is 2. The van der Waals surface area contributed by atoms with E-state index in [0.717, 1.165) is 12.8 Å². The highest BCUT2D eigenvalue weighted by atomic mass is 16.4. The Morgan fingerprint density at radius 3 is 2.62 bits per heavy atom. The minimum atomic E-state index is -0.153. The molecule has 13 heavy (non-hydrogen) atoms. The van der Waals surface area contributed by atoms with Crippen LogP contribution >= 0.6 is 0 Å². The van der Waals surface area contributed by atoms with Crippen molar-refractivity contribution in [2.24, 2.45) is 0 Å². The van der Waals surface area contributed by atoms with E-state index in [2.05, 4.69) is 10.2 Å². The fraction of sp³-hybridized carbons (Fsp3) is 0.778. The molecule has 2 rings (SSSR count). The molecule has 0 atom stereocenters. The normalized spacial score (nSPS) is 19.2. The van der Waals surface area contributed by atoms with Crippen molar-refractivity contribution >= 4 is 0 Å². The van der Waals surface area contributed by atoms with E-state index < -0.39 is 0 Å². The number of hydrogen-bond acceptors (Lipinski definition) is 4. The lowest BCUT2D eigenvalue weighted by Crippen LogP contribution is -2.04. The summed E-state index contributed by atoms with van der Waals surface area (Å²) in [7, 11) is 0. The number of nitrogens with zero attached hydrogens (tertiary/aromatic N) is 2. The van der Waals surface area contributed by atoms with Crippen LogP contribution in [0.15, 0.2) is 4.42 Å². The summed E-state index contributed by atoms with van der Waals surface area (Å²) in [5, 5.41) is 16.4. The molecule has 1 aliphatic rings. The Labute approximate surface area is 77.0 Å². The van der Waals surface area contributed by atoms with Crippen molar-refractivity contribution < 1.29 is 9.52 Å². The van der Waals surface area contributed by atoms with Crippen molar-refractivity contribution in [2.45, 2.75) is 44.6 Å². The van der Waals surface area contributed by atoms with Crippen LogP contribution in [0.4, 0.5) is 0 Å². The van der Waals surface area contributed by atoms with Gasteiger partial charge in [-0.25, -0.2) is 0 Å². The van der Waals surface area contributed by atoms with Crippen molar-refractivity contribution in [3.8, 4) is 0 Å². The van der Waals surface area contributed by atoms with Gasteiger partial charge in [-0.1, -0.05) is 19.3 Å². The summed E-state index contributed by atoms with van der Waals surface area (Å²) in [5.74, 6) is 1.48. The molecule has 72 valence electrons. The van der Waals surface area contributed by atoms with Gasteiger partial charge in [-0.3, -0.25) is 0 Å². The van der Waals surface area contributed by atoms with Crippen molar-refractivity contribution in [3.05, 3.63) is 11.8 Å². The molecule has 1 N–H and O–H groups in total. The Bertz CT molecular complexity index is 266. The summed E-state index contributed by atoms with van der Waals surface area (Å²) in [4.78, 5) is 0. The average molecular weight is 182 g/mol. The minimum Gasteiger partial charge on any atom is -0.422 e. The average Bonchev–Trinajstić information content (AvgIpc) is 2.67. The highest BCUT2D eigenvalue weighted by Crippen LogP contribution is 2.31. The monoisotopic (exact) mass is 182 g/mol. The van der Waals surface area contributed by atoms with Gasteiger partial charge < -0.3 is 9.52 Å². The summed E-state index contributed by atoms with van der Waals surface area (Å²) < 4.78 is 5.30. The van der Waals surface area contributed by atoms with Crippen LogP contribution in [-0.4, -0.2) is 15.3 Å². The van der Waals surface area contributed by atoms with Crippen molar-refractivity contribution in [2.75, 3.05) is 0 Å². The Kier molecular flexibility index (Phi) is 2.59. The molecule has 0 unspecified atom stereocenters. The SMILES string of the molecule is OCc1nnc(C2CCCCC2)o1. The third-order valence-electron chi connectivity index (χ3n) is 2.57. The van der Waals surface area contributed by atoms with E-state index in [1.165, 1.54) is 19.3 Å². The van der Waals surface area contributed by atoms with Gasteiger partial charge >= 0.3 is 0 Å². The van der Waals surface area contributed by atoms with Crippen molar-refractivity contribution in [1.29, 1.82) is 0 Å². The van der Waals surface area contributed by atoms with Gasteiger partial charge in [0.15, 0.2) is 0 Å². The van der Waals surface area contributed by atoms with Gasteiger partial charge in [0.2, 0.25) is 11.8 Å². The number of aliphatic hydroxyl groups excluding tert-OH is 1. The molecular formula is C9H14N2O2. The van der Waals surface area contributed by atoms with Gasteiger partial charge in [-0.15, -0.1) is 10.2 Å². The first-order valence-corrected chi connectivity index (χ1v) is 4.83. The van der Waals surface area contributed by atoms with Crippen LogP contribution < -0.4 is 0 Å². The molecular weight excluding hydrogens is 168 g/mol. The maximum atomic E-state index is 8.75. The first kappa shape index (κ1) is 8.69. The van der Waals surface area contributed by atoms with Crippen molar-refractivity contribution in [1.82, 2.24) is 10.2 Å². The molecule has 4 heteroatoms. The molecule has 0 bridgehead atoms. The van der Waals surface area contributed by atoms with Gasteiger partial charge in [-0.05, 0) is 12.8 Å². The topological polar surface area (TPSA) is 59.2 Å². The molecule has 0 radical (unpaired) electrons. The highest BCUT2D eigenvalue weighted by molar-refractivity contribution is 4.92. The van der Waals surface area contributed by atoms with E-state index in [-0.39, 0.29) is 6.61 Å².